The molecule has 0 aliphatic carbocycles. The maximum Gasteiger partial charge on any atom is 0.421 e. The SMILES string of the molecule is CCN(CC)C1CCN(C(=NC)NCCOc2ncccc2C(F)(F)F)C1.I. The summed E-state index contributed by atoms with van der Waals surface area (Å²) in [5, 5.41) is 3.16. The first kappa shape index (κ1) is 24.7. The van der Waals surface area contributed by atoms with E-state index >= 15 is 0 Å². The van der Waals surface area contributed by atoms with Crippen molar-refractivity contribution in [1.82, 2.24) is 20.1 Å². The molecule has 0 spiro atoms. The molecule has 0 bridgehead atoms. The number of aromatic nitrogens is 1. The van der Waals surface area contributed by atoms with Crippen LogP contribution in [0, 0.1) is 0 Å². The van der Waals surface area contributed by atoms with Gasteiger partial charge in [-0.2, -0.15) is 13.2 Å². The lowest BCUT2D eigenvalue weighted by atomic mass is 10.2. The fourth-order valence-electron chi connectivity index (χ4n) is 3.34. The van der Waals surface area contributed by atoms with Gasteiger partial charge in [0.25, 0.3) is 0 Å². The normalized spacial score (nSPS) is 17.6. The maximum atomic E-state index is 12.9. The molecule has 10 heteroatoms. The third-order valence-corrected chi connectivity index (χ3v) is 4.70. The lowest BCUT2D eigenvalue weighted by molar-refractivity contribution is -0.139. The van der Waals surface area contributed by atoms with Crippen molar-refractivity contribution < 1.29 is 17.9 Å². The van der Waals surface area contributed by atoms with E-state index in [1.165, 1.54) is 12.3 Å². The van der Waals surface area contributed by atoms with E-state index in [0.717, 1.165) is 44.6 Å². The van der Waals surface area contributed by atoms with Crippen molar-refractivity contribution in [1.29, 1.82) is 0 Å². The van der Waals surface area contributed by atoms with Crippen LogP contribution in [0.3, 0.4) is 0 Å². The molecule has 1 fully saturated rings. The Balaban J connectivity index is 0.00000392. The second-order valence-electron chi connectivity index (χ2n) is 6.29. The number of hydrogen-bond donors (Lipinski definition) is 1. The Kier molecular flexibility index (Phi) is 10.3. The molecule has 0 aromatic carbocycles. The monoisotopic (exact) mass is 515 g/mol. The standard InChI is InChI=1S/C18H28F3N5O.HI/c1-4-25(5-2)14-8-11-26(13-14)17(22-3)24-10-12-27-16-15(18(19,20)21)7-6-9-23-16;/h6-7,9,14H,4-5,8,10-13H2,1-3H3,(H,22,24);1H. The zero-order valence-electron chi connectivity index (χ0n) is 16.5. The molecule has 0 radical (unpaired) electrons. The molecule has 1 aliphatic rings. The third-order valence-electron chi connectivity index (χ3n) is 4.70. The van der Waals surface area contributed by atoms with Crippen molar-refractivity contribution >= 4 is 29.9 Å². The predicted octanol–water partition coefficient (Wildman–Crippen LogP) is 3.09. The second kappa shape index (κ2) is 11.6. The van der Waals surface area contributed by atoms with Crippen molar-refractivity contribution in [3.8, 4) is 5.88 Å². The Morgan fingerprint density at radius 2 is 2.11 bits per heavy atom. The predicted molar refractivity (Wildman–Crippen MR) is 114 cm³/mol. The topological polar surface area (TPSA) is 53.0 Å². The summed E-state index contributed by atoms with van der Waals surface area (Å²) in [6.45, 7) is 8.54. The number of ether oxygens (including phenoxy) is 1. The van der Waals surface area contributed by atoms with Crippen LogP contribution in [0.15, 0.2) is 23.3 Å². The van der Waals surface area contributed by atoms with Crippen molar-refractivity contribution in [2.24, 2.45) is 4.99 Å². The van der Waals surface area contributed by atoms with Gasteiger partial charge in [-0.05, 0) is 31.6 Å². The highest BCUT2D eigenvalue weighted by Gasteiger charge is 2.35. The van der Waals surface area contributed by atoms with E-state index in [1.54, 1.807) is 7.05 Å². The molecule has 0 saturated carbocycles. The third kappa shape index (κ3) is 6.64. The van der Waals surface area contributed by atoms with E-state index in [0.29, 0.717) is 12.6 Å². The Morgan fingerprint density at radius 3 is 2.71 bits per heavy atom. The first-order valence-corrected chi connectivity index (χ1v) is 9.25. The fraction of sp³-hybridized carbons (Fsp3) is 0.667. The molecule has 1 saturated heterocycles. The zero-order chi connectivity index (χ0) is 19.9. The number of rotatable bonds is 7. The number of aliphatic imine (C=N–C) groups is 1. The summed E-state index contributed by atoms with van der Waals surface area (Å²) in [6.07, 6.45) is -2.13. The average Bonchev–Trinajstić information content (AvgIpc) is 3.12. The van der Waals surface area contributed by atoms with Gasteiger partial charge in [-0.3, -0.25) is 9.89 Å². The van der Waals surface area contributed by atoms with Gasteiger partial charge in [-0.1, -0.05) is 13.8 Å². The van der Waals surface area contributed by atoms with E-state index in [9.17, 15) is 13.2 Å². The summed E-state index contributed by atoms with van der Waals surface area (Å²) in [6, 6.07) is 2.71. The van der Waals surface area contributed by atoms with Crippen LogP contribution in [-0.2, 0) is 6.18 Å². The molecule has 0 amide bonds. The van der Waals surface area contributed by atoms with Crippen LogP contribution in [0.5, 0.6) is 5.88 Å². The molecule has 28 heavy (non-hydrogen) atoms. The van der Waals surface area contributed by atoms with Crippen molar-refractivity contribution in [2.45, 2.75) is 32.5 Å². The minimum absolute atomic E-state index is 0. The molecule has 1 unspecified atom stereocenters. The molecule has 6 nitrogen and oxygen atoms in total. The minimum Gasteiger partial charge on any atom is -0.475 e. The zero-order valence-corrected chi connectivity index (χ0v) is 18.8. The van der Waals surface area contributed by atoms with Gasteiger partial charge < -0.3 is 15.0 Å². The van der Waals surface area contributed by atoms with Gasteiger partial charge in [0.2, 0.25) is 5.88 Å². The average molecular weight is 515 g/mol. The summed E-state index contributed by atoms with van der Waals surface area (Å²) in [5.74, 6) is 0.342. The smallest absolute Gasteiger partial charge is 0.421 e. The number of guanidine groups is 1. The van der Waals surface area contributed by atoms with Crippen LogP contribution in [0.4, 0.5) is 13.2 Å². The lowest BCUT2D eigenvalue weighted by Crippen LogP contribution is -2.44. The van der Waals surface area contributed by atoms with Crippen LogP contribution in [0.25, 0.3) is 0 Å². The van der Waals surface area contributed by atoms with Gasteiger partial charge in [0.05, 0.1) is 6.54 Å². The van der Waals surface area contributed by atoms with Crippen LogP contribution in [-0.4, -0.2) is 73.2 Å². The summed E-state index contributed by atoms with van der Waals surface area (Å²) in [4.78, 5) is 12.6. The van der Waals surface area contributed by atoms with Gasteiger partial charge in [-0.15, -0.1) is 24.0 Å². The first-order valence-electron chi connectivity index (χ1n) is 9.25. The Hall–Kier alpha value is -1.30. The molecular formula is C18H29F3IN5O. The number of nitrogens with one attached hydrogen (secondary N) is 1. The summed E-state index contributed by atoms with van der Waals surface area (Å²) in [5.41, 5.74) is -0.865. The summed E-state index contributed by atoms with van der Waals surface area (Å²) >= 11 is 0. The van der Waals surface area contributed by atoms with Crippen LogP contribution in [0.1, 0.15) is 25.8 Å². The molecule has 2 rings (SSSR count). The number of pyridine rings is 1. The van der Waals surface area contributed by atoms with Crippen molar-refractivity contribution in [2.75, 3.05) is 46.4 Å². The highest BCUT2D eigenvalue weighted by molar-refractivity contribution is 14.0. The molecular weight excluding hydrogens is 486 g/mol. The quantitative estimate of drug-likeness (QED) is 0.262. The number of alkyl halides is 3. The molecule has 160 valence electrons. The number of hydrogen-bond acceptors (Lipinski definition) is 4. The van der Waals surface area contributed by atoms with E-state index in [-0.39, 0.29) is 30.6 Å². The Bertz CT molecular complexity index is 625. The molecule has 1 atom stereocenters. The number of nitrogens with zero attached hydrogens (tertiary/aromatic N) is 4. The maximum absolute atomic E-state index is 12.9. The number of likely N-dealkylation sites (tertiary alicyclic amines) is 1. The van der Waals surface area contributed by atoms with Crippen LogP contribution < -0.4 is 10.1 Å². The molecule has 1 N–H and O–H groups in total. The van der Waals surface area contributed by atoms with Crippen molar-refractivity contribution in [3.05, 3.63) is 23.9 Å². The Morgan fingerprint density at radius 1 is 1.39 bits per heavy atom. The lowest BCUT2D eigenvalue weighted by Gasteiger charge is -2.27. The first-order chi connectivity index (χ1) is 12.9. The second-order valence-corrected chi connectivity index (χ2v) is 6.29. The van der Waals surface area contributed by atoms with Gasteiger partial charge >= 0.3 is 6.18 Å². The molecule has 1 aromatic rings. The largest absolute Gasteiger partial charge is 0.475 e. The number of halogens is 4. The minimum atomic E-state index is -4.48. The van der Waals surface area contributed by atoms with Crippen LogP contribution in [0.2, 0.25) is 0 Å². The van der Waals surface area contributed by atoms with E-state index in [1.807, 2.05) is 0 Å². The van der Waals surface area contributed by atoms with Gasteiger partial charge in [0.15, 0.2) is 5.96 Å². The van der Waals surface area contributed by atoms with E-state index in [2.05, 4.69) is 38.9 Å². The van der Waals surface area contributed by atoms with E-state index < -0.39 is 17.6 Å². The van der Waals surface area contributed by atoms with Crippen molar-refractivity contribution in [3.63, 3.8) is 0 Å². The van der Waals surface area contributed by atoms with Gasteiger partial charge in [-0.25, -0.2) is 4.98 Å². The molecule has 2 heterocycles. The van der Waals surface area contributed by atoms with Gasteiger partial charge in [0.1, 0.15) is 12.2 Å². The Labute approximate surface area is 181 Å². The van der Waals surface area contributed by atoms with E-state index in [4.69, 9.17) is 4.74 Å². The summed E-state index contributed by atoms with van der Waals surface area (Å²) < 4.78 is 44.1. The van der Waals surface area contributed by atoms with Gasteiger partial charge in [0, 0.05) is 32.4 Å². The highest BCUT2D eigenvalue weighted by atomic mass is 127. The molecule has 1 aliphatic heterocycles. The molecule has 1 aromatic heterocycles. The fourth-order valence-corrected chi connectivity index (χ4v) is 3.34. The number of likely N-dealkylation sites (N-methyl/N-ethyl adjacent to an activating group) is 1. The summed E-state index contributed by atoms with van der Waals surface area (Å²) in [7, 11) is 1.70. The highest BCUT2D eigenvalue weighted by Crippen LogP contribution is 2.34. The van der Waals surface area contributed by atoms with Crippen LogP contribution >= 0.6 is 24.0 Å².